The number of fused-ring (bicyclic) bond motifs is 2. The zero-order chi connectivity index (χ0) is 30.3. The molecule has 2 aromatic carbocycles. The van der Waals surface area contributed by atoms with Gasteiger partial charge in [0.15, 0.2) is 0 Å². The van der Waals surface area contributed by atoms with Crippen LogP contribution in [-0.2, 0) is 11.8 Å². The number of aryl methyl sites for hydroxylation is 2. The first-order valence-electron chi connectivity index (χ1n) is 15.1. The molecule has 0 saturated carbocycles. The molecule has 0 radical (unpaired) electrons. The first kappa shape index (κ1) is 28.7. The van der Waals surface area contributed by atoms with E-state index in [1.165, 1.54) is 5.56 Å². The number of benzene rings is 2. The van der Waals surface area contributed by atoms with Crippen molar-refractivity contribution in [2.24, 2.45) is 5.92 Å². The van der Waals surface area contributed by atoms with Gasteiger partial charge in [0.2, 0.25) is 0 Å². The highest BCUT2D eigenvalue weighted by Gasteiger charge is 2.44. The van der Waals surface area contributed by atoms with Crippen molar-refractivity contribution in [3.8, 4) is 5.69 Å². The molecule has 2 aliphatic heterocycles. The lowest BCUT2D eigenvalue weighted by atomic mass is 9.85. The van der Waals surface area contributed by atoms with Crippen LogP contribution >= 0.6 is 0 Å². The van der Waals surface area contributed by atoms with E-state index in [9.17, 15) is 9.59 Å². The molecule has 3 amide bonds. The number of carbonyl (C=O) groups is 2. The van der Waals surface area contributed by atoms with E-state index in [0.29, 0.717) is 23.1 Å². The van der Waals surface area contributed by atoms with Crippen molar-refractivity contribution in [1.29, 1.82) is 0 Å². The monoisotopic (exact) mass is 580 g/mol. The highest BCUT2D eigenvalue weighted by molar-refractivity contribution is 5.99. The van der Waals surface area contributed by atoms with E-state index >= 15 is 0 Å². The first-order chi connectivity index (χ1) is 20.5. The maximum atomic E-state index is 13.2. The van der Waals surface area contributed by atoms with Gasteiger partial charge in [0.05, 0.1) is 17.6 Å². The van der Waals surface area contributed by atoms with Gasteiger partial charge in [0.25, 0.3) is 5.91 Å². The largest absolute Gasteiger partial charge is 0.361 e. The van der Waals surface area contributed by atoms with Crippen LogP contribution in [0.15, 0.2) is 65.3 Å². The van der Waals surface area contributed by atoms with Crippen molar-refractivity contribution < 1.29 is 14.1 Å². The van der Waals surface area contributed by atoms with E-state index < -0.39 is 0 Å². The second-order valence-corrected chi connectivity index (χ2v) is 13.1. The Kier molecular flexibility index (Phi) is 7.58. The molecule has 2 aromatic heterocycles. The summed E-state index contributed by atoms with van der Waals surface area (Å²) in [7, 11) is 0. The second-order valence-electron chi connectivity index (χ2n) is 13.1. The summed E-state index contributed by atoms with van der Waals surface area (Å²) in [6.45, 7) is 10.2. The Morgan fingerprint density at radius 3 is 2.23 bits per heavy atom. The van der Waals surface area contributed by atoms with Crippen LogP contribution in [0.3, 0.4) is 0 Å². The van der Waals surface area contributed by atoms with Gasteiger partial charge in [-0.2, -0.15) is 5.10 Å². The highest BCUT2D eigenvalue weighted by Crippen LogP contribution is 2.41. The SMILES string of the molecule is Cc1ccc(-n2nc(C(C)(C)C)cc2NC(=O)Nc2ccc(CC3CC4CCC(C3)N4C(=O)c3cnoc3C)cc2)cc1. The van der Waals surface area contributed by atoms with Gasteiger partial charge in [-0.3, -0.25) is 10.1 Å². The van der Waals surface area contributed by atoms with Crippen LogP contribution in [0.4, 0.5) is 16.3 Å². The van der Waals surface area contributed by atoms with E-state index in [-0.39, 0.29) is 29.4 Å². The summed E-state index contributed by atoms with van der Waals surface area (Å²) in [5, 5.41) is 14.6. The molecule has 9 nitrogen and oxygen atoms in total. The third-order valence-electron chi connectivity index (χ3n) is 8.78. The molecular weight excluding hydrogens is 540 g/mol. The third-order valence-corrected chi connectivity index (χ3v) is 8.78. The fourth-order valence-electron chi connectivity index (χ4n) is 6.49. The Labute approximate surface area is 252 Å². The van der Waals surface area contributed by atoms with Crippen LogP contribution in [0.5, 0.6) is 0 Å². The molecule has 2 N–H and O–H groups in total. The number of nitrogens with one attached hydrogen (secondary N) is 2. The Hall–Kier alpha value is -4.40. The number of anilines is 2. The number of hydrogen-bond donors (Lipinski definition) is 2. The number of carbonyl (C=O) groups excluding carboxylic acids is 2. The fraction of sp³-hybridized carbons (Fsp3) is 0.412. The molecule has 2 bridgehead atoms. The molecule has 4 aromatic rings. The summed E-state index contributed by atoms with van der Waals surface area (Å²) in [4.78, 5) is 28.3. The lowest BCUT2D eigenvalue weighted by Gasteiger charge is -2.39. The minimum absolute atomic E-state index is 0.0509. The van der Waals surface area contributed by atoms with Crippen molar-refractivity contribution in [3.05, 3.63) is 88.9 Å². The van der Waals surface area contributed by atoms with Gasteiger partial charge in [-0.15, -0.1) is 0 Å². The molecule has 2 unspecified atom stereocenters. The normalized spacial score (nSPS) is 19.8. The van der Waals surface area contributed by atoms with Gasteiger partial charge < -0.3 is 14.7 Å². The Bertz CT molecular complexity index is 1600. The molecule has 2 atom stereocenters. The number of aromatic nitrogens is 3. The topological polar surface area (TPSA) is 105 Å². The van der Waals surface area contributed by atoms with E-state index in [1.807, 2.05) is 49.4 Å². The van der Waals surface area contributed by atoms with E-state index in [1.54, 1.807) is 17.8 Å². The van der Waals surface area contributed by atoms with Crippen LogP contribution < -0.4 is 10.6 Å². The molecule has 0 spiro atoms. The number of nitrogens with zero attached hydrogens (tertiary/aromatic N) is 4. The van der Waals surface area contributed by atoms with Crippen LogP contribution in [0.2, 0.25) is 0 Å². The van der Waals surface area contributed by atoms with Crippen molar-refractivity contribution in [2.75, 3.05) is 10.6 Å². The number of amides is 3. The Balaban J connectivity index is 1.07. The van der Waals surface area contributed by atoms with E-state index in [2.05, 4.69) is 53.6 Å². The smallest absolute Gasteiger partial charge is 0.324 e. The number of piperidine rings is 1. The molecule has 9 heteroatoms. The summed E-state index contributed by atoms with van der Waals surface area (Å²) in [5.74, 6) is 1.77. The minimum atomic E-state index is -0.321. The predicted octanol–water partition coefficient (Wildman–Crippen LogP) is 7.04. The van der Waals surface area contributed by atoms with Crippen LogP contribution in [0.1, 0.15) is 79.4 Å². The summed E-state index contributed by atoms with van der Waals surface area (Å²) >= 11 is 0. The summed E-state index contributed by atoms with van der Waals surface area (Å²) < 4.78 is 6.92. The Morgan fingerprint density at radius 2 is 1.63 bits per heavy atom. The number of hydrogen-bond acceptors (Lipinski definition) is 5. The minimum Gasteiger partial charge on any atom is -0.361 e. The quantitative estimate of drug-likeness (QED) is 0.254. The maximum absolute atomic E-state index is 13.2. The molecule has 4 heterocycles. The molecular formula is C34H40N6O3. The van der Waals surface area contributed by atoms with Crippen molar-refractivity contribution in [1.82, 2.24) is 19.8 Å². The average molecular weight is 581 g/mol. The van der Waals surface area contributed by atoms with Crippen molar-refractivity contribution in [3.63, 3.8) is 0 Å². The molecule has 2 fully saturated rings. The van der Waals surface area contributed by atoms with Crippen LogP contribution in [0, 0.1) is 19.8 Å². The van der Waals surface area contributed by atoms with Crippen molar-refractivity contribution in [2.45, 2.75) is 84.2 Å². The Morgan fingerprint density at radius 1 is 0.953 bits per heavy atom. The zero-order valence-corrected chi connectivity index (χ0v) is 25.6. The predicted molar refractivity (Wildman–Crippen MR) is 167 cm³/mol. The fourth-order valence-corrected chi connectivity index (χ4v) is 6.49. The molecule has 6 rings (SSSR count). The third kappa shape index (κ3) is 6.07. The van der Waals surface area contributed by atoms with Crippen LogP contribution in [-0.4, -0.2) is 43.9 Å². The summed E-state index contributed by atoms with van der Waals surface area (Å²) in [5.41, 5.74) is 5.31. The second kappa shape index (κ2) is 11.4. The van der Waals surface area contributed by atoms with Gasteiger partial charge >= 0.3 is 6.03 Å². The van der Waals surface area contributed by atoms with Crippen LogP contribution in [0.25, 0.3) is 5.69 Å². The molecule has 43 heavy (non-hydrogen) atoms. The average Bonchev–Trinajstić information content (AvgIpc) is 3.65. The lowest BCUT2D eigenvalue weighted by Crippen LogP contribution is -2.47. The number of rotatable bonds is 6. The van der Waals surface area contributed by atoms with Gasteiger partial charge in [0.1, 0.15) is 17.1 Å². The lowest BCUT2D eigenvalue weighted by molar-refractivity contribution is 0.0523. The van der Waals surface area contributed by atoms with E-state index in [4.69, 9.17) is 9.62 Å². The van der Waals surface area contributed by atoms with Gasteiger partial charge in [-0.25, -0.2) is 9.48 Å². The highest BCUT2D eigenvalue weighted by atomic mass is 16.5. The molecule has 0 aliphatic carbocycles. The molecule has 2 aliphatic rings. The zero-order valence-electron chi connectivity index (χ0n) is 25.6. The number of urea groups is 1. The van der Waals surface area contributed by atoms with Gasteiger partial charge in [-0.1, -0.05) is 55.8 Å². The standard InChI is InChI=1S/C34H40N6O3/c1-21-6-12-26(13-7-21)40-31(19-30(38-40)34(3,4)5)37-33(42)36-25-10-8-23(9-11-25)16-24-17-27-14-15-28(18-24)39(27)32(41)29-20-35-43-22(29)2/h6-13,19-20,24,27-28H,14-18H2,1-5H3,(H2,36,37,42). The maximum Gasteiger partial charge on any atom is 0.324 e. The summed E-state index contributed by atoms with van der Waals surface area (Å²) in [6.07, 6.45) is 6.60. The summed E-state index contributed by atoms with van der Waals surface area (Å²) in [6, 6.07) is 18.3. The van der Waals surface area contributed by atoms with E-state index in [0.717, 1.165) is 54.7 Å². The first-order valence-corrected chi connectivity index (χ1v) is 15.1. The molecule has 2 saturated heterocycles. The molecule has 224 valence electrons. The van der Waals surface area contributed by atoms with Gasteiger partial charge in [-0.05, 0) is 81.7 Å². The van der Waals surface area contributed by atoms with Crippen molar-refractivity contribution >= 4 is 23.4 Å². The van der Waals surface area contributed by atoms with Gasteiger partial charge in [0, 0.05) is 29.3 Å².